The largest absolute Gasteiger partial charge is 0.277 e. The molecule has 6 nitrogen and oxygen atoms in total. The highest BCUT2D eigenvalue weighted by atomic mass is 32.2. The summed E-state index contributed by atoms with van der Waals surface area (Å²) in [7, 11) is 0. The maximum absolute atomic E-state index is 4.27. The van der Waals surface area contributed by atoms with Crippen molar-refractivity contribution in [2.24, 2.45) is 0 Å². The molecule has 5 rings (SSSR count). The molecular weight excluding hydrogens is 388 g/mol. The van der Waals surface area contributed by atoms with Crippen LogP contribution in [0.25, 0.3) is 11.3 Å². The first-order valence-electron chi connectivity index (χ1n) is 8.80. The molecule has 0 saturated carbocycles. The van der Waals surface area contributed by atoms with Crippen LogP contribution in [0.3, 0.4) is 0 Å². The van der Waals surface area contributed by atoms with Gasteiger partial charge in [-0.1, -0.05) is 59.9 Å². The minimum Gasteiger partial charge on any atom is -0.277 e. The Hall–Kier alpha value is -2.84. The van der Waals surface area contributed by atoms with Crippen molar-refractivity contribution < 1.29 is 0 Å². The van der Waals surface area contributed by atoms with Crippen molar-refractivity contribution in [2.75, 3.05) is 0 Å². The molecule has 0 spiro atoms. The second kappa shape index (κ2) is 7.65. The average molecular weight is 405 g/mol. The number of rotatable bonds is 6. The summed E-state index contributed by atoms with van der Waals surface area (Å²) in [5.74, 6) is 1.72. The number of pyridine rings is 2. The van der Waals surface area contributed by atoms with Gasteiger partial charge in [-0.2, -0.15) is 0 Å². The van der Waals surface area contributed by atoms with Crippen LogP contribution in [0.4, 0.5) is 0 Å². The Morgan fingerprint density at radius 2 is 1.04 bits per heavy atom. The third-order valence-corrected chi connectivity index (χ3v) is 6.35. The number of hydrogen-bond acceptors (Lipinski definition) is 6. The molecule has 4 aromatic heterocycles. The summed E-state index contributed by atoms with van der Waals surface area (Å²) >= 11 is 3.38. The van der Waals surface area contributed by atoms with Crippen molar-refractivity contribution in [3.05, 3.63) is 84.2 Å². The quantitative estimate of drug-likeness (QED) is 0.392. The van der Waals surface area contributed by atoms with Gasteiger partial charge in [0.2, 0.25) is 0 Å². The van der Waals surface area contributed by atoms with E-state index in [0.717, 1.165) is 33.1 Å². The van der Waals surface area contributed by atoms with E-state index in [1.165, 1.54) is 11.1 Å². The lowest BCUT2D eigenvalue weighted by atomic mass is 10.2. The zero-order chi connectivity index (χ0) is 18.8. The van der Waals surface area contributed by atoms with Gasteiger partial charge in [0.05, 0.1) is 0 Å². The molecule has 0 fully saturated rings. The van der Waals surface area contributed by atoms with Crippen LogP contribution in [-0.4, -0.2) is 29.2 Å². The second-order valence-corrected chi connectivity index (χ2v) is 8.10. The predicted molar refractivity (Wildman–Crippen MR) is 112 cm³/mol. The topological polar surface area (TPSA) is 60.4 Å². The van der Waals surface area contributed by atoms with Crippen LogP contribution in [0.15, 0.2) is 83.4 Å². The zero-order valence-electron chi connectivity index (χ0n) is 14.8. The van der Waals surface area contributed by atoms with E-state index in [0.29, 0.717) is 0 Å². The summed E-state index contributed by atoms with van der Waals surface area (Å²) in [5.41, 5.74) is 4.27. The van der Waals surface area contributed by atoms with Gasteiger partial charge in [-0.15, -0.1) is 20.4 Å². The Balaban J connectivity index is 1.22. The van der Waals surface area contributed by atoms with E-state index >= 15 is 0 Å². The van der Waals surface area contributed by atoms with Crippen LogP contribution < -0.4 is 0 Å². The standard InChI is InChI=1S/C20H16N6S2/c1-3-11-25-17(5-1)21-23-19(25)27-13-15-7-9-16(10-8-15)14-28-20-24-22-18-6-2-4-12-26(18)20/h1-12H,13-14H2. The van der Waals surface area contributed by atoms with Crippen LogP contribution in [0.1, 0.15) is 11.1 Å². The molecule has 4 heterocycles. The van der Waals surface area contributed by atoms with Crippen molar-refractivity contribution in [3.8, 4) is 0 Å². The van der Waals surface area contributed by atoms with Crippen molar-refractivity contribution >= 4 is 34.8 Å². The molecule has 0 N–H and O–H groups in total. The summed E-state index contributed by atoms with van der Waals surface area (Å²) in [4.78, 5) is 0. The van der Waals surface area contributed by atoms with E-state index in [4.69, 9.17) is 0 Å². The fourth-order valence-electron chi connectivity index (χ4n) is 2.86. The number of thioether (sulfide) groups is 2. The van der Waals surface area contributed by atoms with E-state index in [9.17, 15) is 0 Å². The highest BCUT2D eigenvalue weighted by Gasteiger charge is 2.07. The number of hydrogen-bond donors (Lipinski definition) is 0. The van der Waals surface area contributed by atoms with E-state index in [1.807, 2.05) is 57.6 Å². The van der Waals surface area contributed by atoms with Crippen LogP contribution >= 0.6 is 23.5 Å². The molecule has 1 aromatic carbocycles. The van der Waals surface area contributed by atoms with Gasteiger partial charge in [-0.25, -0.2) is 0 Å². The lowest BCUT2D eigenvalue weighted by Crippen LogP contribution is -1.89. The minimum absolute atomic E-state index is 0.859. The molecule has 0 saturated heterocycles. The molecule has 28 heavy (non-hydrogen) atoms. The second-order valence-electron chi connectivity index (χ2n) is 6.22. The number of aromatic nitrogens is 6. The summed E-state index contributed by atoms with van der Waals surface area (Å²) in [6.07, 6.45) is 3.98. The van der Waals surface area contributed by atoms with Gasteiger partial charge in [0.15, 0.2) is 21.6 Å². The highest BCUT2D eigenvalue weighted by molar-refractivity contribution is 7.98. The Morgan fingerprint density at radius 1 is 0.571 bits per heavy atom. The summed E-state index contributed by atoms with van der Waals surface area (Å²) in [5, 5.41) is 18.7. The monoisotopic (exact) mass is 404 g/mol. The van der Waals surface area contributed by atoms with E-state index in [1.54, 1.807) is 23.5 Å². The molecule has 5 aromatic rings. The molecule has 138 valence electrons. The van der Waals surface area contributed by atoms with Gasteiger partial charge >= 0.3 is 0 Å². The molecule has 0 unspecified atom stereocenters. The van der Waals surface area contributed by atoms with Gasteiger partial charge < -0.3 is 0 Å². The number of nitrogens with zero attached hydrogens (tertiary/aromatic N) is 6. The zero-order valence-corrected chi connectivity index (χ0v) is 16.5. The van der Waals surface area contributed by atoms with Crippen molar-refractivity contribution in [3.63, 3.8) is 0 Å². The van der Waals surface area contributed by atoms with Gasteiger partial charge in [0, 0.05) is 23.9 Å². The highest BCUT2D eigenvalue weighted by Crippen LogP contribution is 2.24. The Kier molecular flexibility index (Phi) is 4.72. The number of fused-ring (bicyclic) bond motifs is 2. The van der Waals surface area contributed by atoms with E-state index in [2.05, 4.69) is 44.7 Å². The predicted octanol–water partition coefficient (Wildman–Crippen LogP) is 4.36. The van der Waals surface area contributed by atoms with Crippen molar-refractivity contribution in [2.45, 2.75) is 21.8 Å². The fourth-order valence-corrected chi connectivity index (χ4v) is 4.62. The fraction of sp³-hybridized carbons (Fsp3) is 0.100. The van der Waals surface area contributed by atoms with Crippen LogP contribution in [0, 0.1) is 0 Å². The Bertz CT molecular complexity index is 1130. The van der Waals surface area contributed by atoms with Gasteiger partial charge in [-0.05, 0) is 35.4 Å². The first-order valence-corrected chi connectivity index (χ1v) is 10.8. The van der Waals surface area contributed by atoms with Crippen LogP contribution in [0.5, 0.6) is 0 Å². The molecular formula is C20H16N6S2. The molecule has 0 amide bonds. The minimum atomic E-state index is 0.859. The van der Waals surface area contributed by atoms with Crippen molar-refractivity contribution in [1.82, 2.24) is 29.2 Å². The van der Waals surface area contributed by atoms with Crippen LogP contribution in [0.2, 0.25) is 0 Å². The average Bonchev–Trinajstić information content (AvgIpc) is 3.36. The third-order valence-electron chi connectivity index (χ3n) is 4.32. The summed E-state index contributed by atoms with van der Waals surface area (Å²) < 4.78 is 4.02. The van der Waals surface area contributed by atoms with E-state index < -0.39 is 0 Å². The Labute approximate surface area is 170 Å². The maximum atomic E-state index is 4.27. The van der Waals surface area contributed by atoms with Crippen LogP contribution in [-0.2, 0) is 11.5 Å². The van der Waals surface area contributed by atoms with Gasteiger partial charge in [0.1, 0.15) is 0 Å². The van der Waals surface area contributed by atoms with Crippen molar-refractivity contribution in [1.29, 1.82) is 0 Å². The summed E-state index contributed by atoms with van der Waals surface area (Å²) in [6, 6.07) is 20.5. The lowest BCUT2D eigenvalue weighted by Gasteiger charge is -2.04. The molecule has 8 heteroatoms. The number of benzene rings is 1. The first-order chi connectivity index (χ1) is 13.9. The molecule has 0 radical (unpaired) electrons. The molecule has 0 aliphatic heterocycles. The van der Waals surface area contributed by atoms with Gasteiger partial charge in [-0.3, -0.25) is 8.80 Å². The normalized spacial score (nSPS) is 11.4. The van der Waals surface area contributed by atoms with E-state index in [-0.39, 0.29) is 0 Å². The molecule has 0 aliphatic carbocycles. The summed E-state index contributed by atoms with van der Waals surface area (Å²) in [6.45, 7) is 0. The Morgan fingerprint density at radius 3 is 1.50 bits per heavy atom. The molecule has 0 atom stereocenters. The lowest BCUT2D eigenvalue weighted by molar-refractivity contribution is 0.920. The van der Waals surface area contributed by atoms with Gasteiger partial charge in [0.25, 0.3) is 0 Å². The maximum Gasteiger partial charge on any atom is 0.195 e. The molecule has 0 bridgehead atoms. The first kappa shape index (κ1) is 17.3. The third kappa shape index (κ3) is 3.48. The molecule has 0 aliphatic rings. The SMILES string of the molecule is c1ccn2c(SCc3ccc(CSc4nnc5ccccn45)cc3)nnc2c1. The smallest absolute Gasteiger partial charge is 0.195 e.